The summed E-state index contributed by atoms with van der Waals surface area (Å²) in [4.78, 5) is 12.1. The van der Waals surface area contributed by atoms with Gasteiger partial charge >= 0.3 is 0 Å². The average Bonchev–Trinajstić information content (AvgIpc) is 2.55. The molecular weight excluding hydrogens is 426 g/mol. The van der Waals surface area contributed by atoms with Crippen molar-refractivity contribution in [3.05, 3.63) is 57.0 Å². The van der Waals surface area contributed by atoms with Crippen LogP contribution in [0.4, 0.5) is 5.69 Å². The second-order valence-electron chi connectivity index (χ2n) is 4.55. The summed E-state index contributed by atoms with van der Waals surface area (Å²) in [5.41, 5.74) is 1.46. The molecule has 0 aliphatic heterocycles. The van der Waals surface area contributed by atoms with Crippen LogP contribution < -0.4 is 14.8 Å². The smallest absolute Gasteiger partial charge is 0.248 e. The number of carbonyl (C=O) groups is 1. The number of halogens is 2. The van der Waals surface area contributed by atoms with E-state index in [4.69, 9.17) is 9.47 Å². The number of amides is 1. The minimum absolute atomic E-state index is 0.238. The molecule has 2 aromatic rings. The predicted molar refractivity (Wildman–Crippen MR) is 99.1 cm³/mol. The molecule has 0 fully saturated rings. The van der Waals surface area contributed by atoms with E-state index < -0.39 is 0 Å². The molecule has 2 aromatic carbocycles. The second-order valence-corrected chi connectivity index (χ2v) is 6.32. The summed E-state index contributed by atoms with van der Waals surface area (Å²) in [7, 11) is 3.17. The SMILES string of the molecule is COc1ccc(OC)c(/C=C/C(=O)Nc2ccc(Br)cc2Br)c1. The van der Waals surface area contributed by atoms with Crippen LogP contribution in [0.15, 0.2) is 51.4 Å². The Morgan fingerprint density at radius 2 is 1.87 bits per heavy atom. The maximum absolute atomic E-state index is 12.1. The summed E-state index contributed by atoms with van der Waals surface area (Å²) in [5.74, 6) is 1.12. The van der Waals surface area contributed by atoms with Crippen LogP contribution in [0.2, 0.25) is 0 Å². The summed E-state index contributed by atoms with van der Waals surface area (Å²) >= 11 is 6.78. The minimum Gasteiger partial charge on any atom is -0.497 e. The Morgan fingerprint density at radius 3 is 2.52 bits per heavy atom. The number of methoxy groups -OCH3 is 2. The fourth-order valence-electron chi connectivity index (χ4n) is 1.90. The maximum Gasteiger partial charge on any atom is 0.248 e. The number of carbonyl (C=O) groups excluding carboxylic acids is 1. The lowest BCUT2D eigenvalue weighted by Gasteiger charge is -2.08. The summed E-state index contributed by atoms with van der Waals surface area (Å²) in [6.07, 6.45) is 3.13. The molecule has 0 atom stereocenters. The molecular formula is C17H15Br2NO3. The lowest BCUT2D eigenvalue weighted by Crippen LogP contribution is -2.08. The Balaban J connectivity index is 2.14. The highest BCUT2D eigenvalue weighted by Crippen LogP contribution is 2.27. The van der Waals surface area contributed by atoms with E-state index in [-0.39, 0.29) is 5.91 Å². The molecule has 0 aliphatic rings. The van der Waals surface area contributed by atoms with Crippen molar-refractivity contribution >= 4 is 49.5 Å². The van der Waals surface area contributed by atoms with Crippen LogP contribution in [-0.2, 0) is 4.79 Å². The van der Waals surface area contributed by atoms with Crippen LogP contribution in [0, 0.1) is 0 Å². The van der Waals surface area contributed by atoms with Crippen molar-refractivity contribution in [1.82, 2.24) is 0 Å². The Hall–Kier alpha value is -1.79. The van der Waals surface area contributed by atoms with Crippen molar-refractivity contribution in [1.29, 1.82) is 0 Å². The molecule has 1 amide bonds. The van der Waals surface area contributed by atoms with E-state index in [0.29, 0.717) is 17.2 Å². The molecule has 0 radical (unpaired) electrons. The van der Waals surface area contributed by atoms with Gasteiger partial charge in [-0.2, -0.15) is 0 Å². The number of ether oxygens (including phenoxy) is 2. The van der Waals surface area contributed by atoms with E-state index in [0.717, 1.165) is 14.5 Å². The van der Waals surface area contributed by atoms with E-state index in [2.05, 4.69) is 37.2 Å². The van der Waals surface area contributed by atoms with Gasteiger partial charge in [0.25, 0.3) is 0 Å². The average molecular weight is 441 g/mol. The highest BCUT2D eigenvalue weighted by molar-refractivity contribution is 9.11. The molecule has 0 unspecified atom stereocenters. The number of rotatable bonds is 5. The fourth-order valence-corrected chi connectivity index (χ4v) is 3.05. The molecule has 120 valence electrons. The molecule has 0 aliphatic carbocycles. The Kier molecular flexibility index (Phi) is 6.24. The molecule has 0 spiro atoms. The normalized spacial score (nSPS) is 10.6. The molecule has 0 bridgehead atoms. The summed E-state index contributed by atoms with van der Waals surface area (Å²) in [5, 5.41) is 2.81. The number of nitrogens with one attached hydrogen (secondary N) is 1. The number of hydrogen-bond donors (Lipinski definition) is 1. The van der Waals surface area contributed by atoms with Crippen molar-refractivity contribution in [2.45, 2.75) is 0 Å². The second kappa shape index (κ2) is 8.17. The van der Waals surface area contributed by atoms with Gasteiger partial charge in [0.05, 0.1) is 19.9 Å². The van der Waals surface area contributed by atoms with Gasteiger partial charge in [-0.3, -0.25) is 4.79 Å². The van der Waals surface area contributed by atoms with Crippen molar-refractivity contribution in [3.8, 4) is 11.5 Å². The third kappa shape index (κ3) is 4.84. The molecule has 1 N–H and O–H groups in total. The largest absolute Gasteiger partial charge is 0.497 e. The lowest BCUT2D eigenvalue weighted by molar-refractivity contribution is -0.111. The lowest BCUT2D eigenvalue weighted by atomic mass is 10.1. The van der Waals surface area contributed by atoms with Gasteiger partial charge in [0.2, 0.25) is 5.91 Å². The summed E-state index contributed by atoms with van der Waals surface area (Å²) in [6.45, 7) is 0. The topological polar surface area (TPSA) is 47.6 Å². The van der Waals surface area contributed by atoms with E-state index in [1.807, 2.05) is 18.2 Å². The Labute approximate surface area is 151 Å². The van der Waals surface area contributed by atoms with E-state index >= 15 is 0 Å². The van der Waals surface area contributed by atoms with Gasteiger partial charge in [-0.25, -0.2) is 0 Å². The molecule has 23 heavy (non-hydrogen) atoms. The van der Waals surface area contributed by atoms with Crippen molar-refractivity contribution in [3.63, 3.8) is 0 Å². The van der Waals surface area contributed by atoms with Crippen LogP contribution >= 0.6 is 31.9 Å². The fraction of sp³-hybridized carbons (Fsp3) is 0.118. The first kappa shape index (κ1) is 17.6. The van der Waals surface area contributed by atoms with E-state index in [1.54, 1.807) is 38.5 Å². The molecule has 0 heterocycles. The van der Waals surface area contributed by atoms with Gasteiger partial charge in [-0.1, -0.05) is 15.9 Å². The van der Waals surface area contributed by atoms with Crippen LogP contribution in [0.5, 0.6) is 11.5 Å². The van der Waals surface area contributed by atoms with E-state index in [9.17, 15) is 4.79 Å². The van der Waals surface area contributed by atoms with Gasteiger partial charge in [0.15, 0.2) is 0 Å². The molecule has 0 saturated heterocycles. The summed E-state index contributed by atoms with van der Waals surface area (Å²) in [6, 6.07) is 10.9. The standard InChI is InChI=1S/C17H15Br2NO3/c1-22-13-5-7-16(23-2)11(9-13)3-8-17(21)20-15-6-4-12(18)10-14(15)19/h3-10H,1-2H3,(H,20,21)/b8-3+. The zero-order chi connectivity index (χ0) is 16.8. The van der Waals surface area contributed by atoms with E-state index in [1.165, 1.54) is 6.08 Å². The van der Waals surface area contributed by atoms with Crippen LogP contribution in [0.3, 0.4) is 0 Å². The quantitative estimate of drug-likeness (QED) is 0.674. The van der Waals surface area contributed by atoms with Gasteiger partial charge in [0, 0.05) is 20.6 Å². The third-order valence-electron chi connectivity index (χ3n) is 3.04. The van der Waals surface area contributed by atoms with Crippen LogP contribution in [-0.4, -0.2) is 20.1 Å². The van der Waals surface area contributed by atoms with Crippen molar-refractivity contribution in [2.24, 2.45) is 0 Å². The molecule has 2 rings (SSSR count). The minimum atomic E-state index is -0.238. The number of anilines is 1. The number of benzene rings is 2. The van der Waals surface area contributed by atoms with Gasteiger partial charge in [-0.05, 0) is 58.4 Å². The van der Waals surface area contributed by atoms with Gasteiger partial charge in [0.1, 0.15) is 11.5 Å². The first-order chi connectivity index (χ1) is 11.0. The van der Waals surface area contributed by atoms with Gasteiger partial charge < -0.3 is 14.8 Å². The first-order valence-electron chi connectivity index (χ1n) is 6.69. The van der Waals surface area contributed by atoms with Crippen LogP contribution in [0.1, 0.15) is 5.56 Å². The Bertz CT molecular complexity index is 745. The monoisotopic (exact) mass is 439 g/mol. The maximum atomic E-state index is 12.1. The number of hydrogen-bond acceptors (Lipinski definition) is 3. The third-order valence-corrected chi connectivity index (χ3v) is 4.19. The first-order valence-corrected chi connectivity index (χ1v) is 8.28. The highest BCUT2D eigenvalue weighted by Gasteiger charge is 2.05. The van der Waals surface area contributed by atoms with Crippen molar-refractivity contribution in [2.75, 3.05) is 19.5 Å². The molecule has 6 heteroatoms. The Morgan fingerprint density at radius 1 is 1.09 bits per heavy atom. The molecule has 0 aromatic heterocycles. The van der Waals surface area contributed by atoms with Gasteiger partial charge in [-0.15, -0.1) is 0 Å². The zero-order valence-electron chi connectivity index (χ0n) is 12.6. The molecule has 0 saturated carbocycles. The van der Waals surface area contributed by atoms with Crippen molar-refractivity contribution < 1.29 is 14.3 Å². The predicted octanol–water partition coefficient (Wildman–Crippen LogP) is 4.88. The van der Waals surface area contributed by atoms with Crippen LogP contribution in [0.25, 0.3) is 6.08 Å². The zero-order valence-corrected chi connectivity index (χ0v) is 15.8. The highest BCUT2D eigenvalue weighted by atomic mass is 79.9. The molecule has 4 nitrogen and oxygen atoms in total. The summed E-state index contributed by atoms with van der Waals surface area (Å²) < 4.78 is 12.2.